The standard InChI is InChI=1S/C21H22N2O7/c1-4-29-18-11-9-15(13-19(18)28-3)10-12-20(24)30-14(2)21(25)22-16-7-5-6-8-17(16)23(26)27/h5-14H,4H2,1-3H3,(H,22,25)/b12-10+/t14-/m0/s1. The summed E-state index contributed by atoms with van der Waals surface area (Å²) in [7, 11) is 1.51. The van der Waals surface area contributed by atoms with Gasteiger partial charge in [0.1, 0.15) is 5.69 Å². The smallest absolute Gasteiger partial charge is 0.331 e. The summed E-state index contributed by atoms with van der Waals surface area (Å²) >= 11 is 0. The first-order valence-electron chi connectivity index (χ1n) is 9.09. The van der Waals surface area contributed by atoms with Crippen molar-refractivity contribution in [3.05, 3.63) is 64.2 Å². The Hall–Kier alpha value is -3.88. The molecule has 0 radical (unpaired) electrons. The fraction of sp³-hybridized carbons (Fsp3) is 0.238. The largest absolute Gasteiger partial charge is 0.493 e. The highest BCUT2D eigenvalue weighted by Gasteiger charge is 2.20. The normalized spacial score (nSPS) is 11.6. The van der Waals surface area contributed by atoms with Gasteiger partial charge in [-0.15, -0.1) is 0 Å². The van der Waals surface area contributed by atoms with Crippen molar-refractivity contribution in [2.75, 3.05) is 19.0 Å². The number of ether oxygens (including phenoxy) is 3. The summed E-state index contributed by atoms with van der Waals surface area (Å²) in [5.41, 5.74) is 0.436. The quantitative estimate of drug-likeness (QED) is 0.288. The fourth-order valence-electron chi connectivity index (χ4n) is 2.47. The minimum atomic E-state index is -1.16. The second kappa shape index (κ2) is 10.6. The number of nitrogens with one attached hydrogen (secondary N) is 1. The number of carbonyl (C=O) groups excluding carboxylic acids is 2. The van der Waals surface area contributed by atoms with Gasteiger partial charge in [-0.3, -0.25) is 14.9 Å². The number of nitrogens with zero attached hydrogens (tertiary/aromatic N) is 1. The van der Waals surface area contributed by atoms with Crippen LogP contribution in [0.4, 0.5) is 11.4 Å². The van der Waals surface area contributed by atoms with Gasteiger partial charge < -0.3 is 19.5 Å². The Labute approximate surface area is 173 Å². The first kappa shape index (κ1) is 22.4. The lowest BCUT2D eigenvalue weighted by Gasteiger charge is -2.12. The van der Waals surface area contributed by atoms with Gasteiger partial charge in [0.15, 0.2) is 17.6 Å². The first-order valence-corrected chi connectivity index (χ1v) is 9.09. The number of esters is 1. The second-order valence-corrected chi connectivity index (χ2v) is 6.02. The molecule has 30 heavy (non-hydrogen) atoms. The molecule has 158 valence electrons. The predicted octanol–water partition coefficient (Wildman–Crippen LogP) is 3.59. The van der Waals surface area contributed by atoms with Crippen molar-refractivity contribution >= 4 is 29.3 Å². The molecule has 0 aromatic heterocycles. The number of benzene rings is 2. The van der Waals surface area contributed by atoms with Gasteiger partial charge in [0.25, 0.3) is 11.6 Å². The highest BCUT2D eigenvalue weighted by atomic mass is 16.6. The van der Waals surface area contributed by atoms with E-state index in [0.717, 1.165) is 0 Å². The zero-order chi connectivity index (χ0) is 22.1. The molecule has 9 heteroatoms. The highest BCUT2D eigenvalue weighted by Crippen LogP contribution is 2.28. The van der Waals surface area contributed by atoms with Crippen LogP contribution in [0.15, 0.2) is 48.5 Å². The van der Waals surface area contributed by atoms with Crippen LogP contribution in [0.25, 0.3) is 6.08 Å². The molecule has 0 saturated heterocycles. The van der Waals surface area contributed by atoms with Gasteiger partial charge >= 0.3 is 5.97 Å². The van der Waals surface area contributed by atoms with Gasteiger partial charge in [-0.2, -0.15) is 0 Å². The Balaban J connectivity index is 1.99. The maximum atomic E-state index is 12.2. The third-order valence-corrected chi connectivity index (χ3v) is 3.92. The molecule has 1 atom stereocenters. The van der Waals surface area contributed by atoms with Gasteiger partial charge in [0.2, 0.25) is 0 Å². The number of methoxy groups -OCH3 is 1. The number of nitro benzene ring substituents is 1. The Morgan fingerprint density at radius 2 is 1.93 bits per heavy atom. The molecule has 1 amide bonds. The summed E-state index contributed by atoms with van der Waals surface area (Å²) < 4.78 is 15.7. The molecule has 0 unspecified atom stereocenters. The molecule has 0 aliphatic rings. The topological polar surface area (TPSA) is 117 Å². The van der Waals surface area contributed by atoms with E-state index in [1.807, 2.05) is 6.92 Å². The lowest BCUT2D eigenvalue weighted by molar-refractivity contribution is -0.383. The zero-order valence-corrected chi connectivity index (χ0v) is 16.8. The van der Waals surface area contributed by atoms with E-state index < -0.39 is 22.9 Å². The van der Waals surface area contributed by atoms with Gasteiger partial charge in [-0.1, -0.05) is 18.2 Å². The van der Waals surface area contributed by atoms with E-state index in [9.17, 15) is 19.7 Å². The Morgan fingerprint density at radius 1 is 1.20 bits per heavy atom. The minimum Gasteiger partial charge on any atom is -0.493 e. The number of hydrogen-bond acceptors (Lipinski definition) is 7. The number of para-hydroxylation sites is 2. The lowest BCUT2D eigenvalue weighted by Crippen LogP contribution is -2.29. The van der Waals surface area contributed by atoms with Crippen LogP contribution in [0.2, 0.25) is 0 Å². The molecule has 0 saturated carbocycles. The Kier molecular flexibility index (Phi) is 7.92. The molecule has 2 rings (SSSR count). The number of amides is 1. The average molecular weight is 414 g/mol. The van der Waals surface area contributed by atoms with E-state index in [4.69, 9.17) is 14.2 Å². The molecule has 0 bridgehead atoms. The molecule has 0 aliphatic heterocycles. The fourth-order valence-corrected chi connectivity index (χ4v) is 2.47. The number of hydrogen-bond donors (Lipinski definition) is 1. The van der Waals surface area contributed by atoms with E-state index >= 15 is 0 Å². The first-order chi connectivity index (χ1) is 14.3. The van der Waals surface area contributed by atoms with Crippen LogP contribution >= 0.6 is 0 Å². The summed E-state index contributed by atoms with van der Waals surface area (Å²) in [5.74, 6) is -0.327. The van der Waals surface area contributed by atoms with E-state index in [2.05, 4.69) is 5.32 Å². The van der Waals surface area contributed by atoms with E-state index in [1.165, 1.54) is 44.4 Å². The highest BCUT2D eigenvalue weighted by molar-refractivity contribution is 5.98. The number of anilines is 1. The van der Waals surface area contributed by atoms with Crippen LogP contribution in [0.1, 0.15) is 19.4 Å². The summed E-state index contributed by atoms with van der Waals surface area (Å²) in [4.78, 5) is 34.6. The van der Waals surface area contributed by atoms with Crippen molar-refractivity contribution in [2.24, 2.45) is 0 Å². The van der Waals surface area contributed by atoms with Crippen LogP contribution in [0.5, 0.6) is 11.5 Å². The predicted molar refractivity (Wildman–Crippen MR) is 110 cm³/mol. The van der Waals surface area contributed by atoms with Crippen molar-refractivity contribution in [1.29, 1.82) is 0 Å². The van der Waals surface area contributed by atoms with E-state index in [0.29, 0.717) is 23.7 Å². The Bertz CT molecular complexity index is 956. The van der Waals surface area contributed by atoms with Crippen LogP contribution in [0.3, 0.4) is 0 Å². The van der Waals surface area contributed by atoms with Crippen molar-refractivity contribution in [3.63, 3.8) is 0 Å². The summed E-state index contributed by atoms with van der Waals surface area (Å²) in [6.07, 6.45) is 1.52. The molecule has 2 aromatic rings. The van der Waals surface area contributed by atoms with Crippen LogP contribution < -0.4 is 14.8 Å². The maximum absolute atomic E-state index is 12.2. The monoisotopic (exact) mass is 414 g/mol. The van der Waals surface area contributed by atoms with Crippen LogP contribution in [-0.4, -0.2) is 36.6 Å². The molecule has 0 aliphatic carbocycles. The van der Waals surface area contributed by atoms with Gasteiger partial charge in [0, 0.05) is 12.1 Å². The van der Waals surface area contributed by atoms with Gasteiger partial charge in [-0.25, -0.2) is 4.79 Å². The Morgan fingerprint density at radius 3 is 2.60 bits per heavy atom. The van der Waals surface area contributed by atoms with E-state index in [1.54, 1.807) is 24.3 Å². The zero-order valence-electron chi connectivity index (χ0n) is 16.8. The third kappa shape index (κ3) is 6.06. The minimum absolute atomic E-state index is 0.0208. The average Bonchev–Trinajstić information content (AvgIpc) is 2.73. The van der Waals surface area contributed by atoms with Crippen molar-refractivity contribution < 1.29 is 28.7 Å². The molecule has 2 aromatic carbocycles. The summed E-state index contributed by atoms with van der Waals surface area (Å²) in [5, 5.41) is 13.4. The number of nitro groups is 1. The van der Waals surface area contributed by atoms with Crippen LogP contribution in [0, 0.1) is 10.1 Å². The lowest BCUT2D eigenvalue weighted by atomic mass is 10.2. The van der Waals surface area contributed by atoms with Gasteiger partial charge in [-0.05, 0) is 43.7 Å². The van der Waals surface area contributed by atoms with Crippen molar-refractivity contribution in [2.45, 2.75) is 20.0 Å². The molecule has 1 N–H and O–H groups in total. The van der Waals surface area contributed by atoms with Crippen molar-refractivity contribution in [3.8, 4) is 11.5 Å². The SMILES string of the molecule is CCOc1ccc(/C=C/C(=O)O[C@@H](C)C(=O)Nc2ccccc2[N+](=O)[O-])cc1OC. The maximum Gasteiger partial charge on any atom is 0.331 e. The summed E-state index contributed by atoms with van der Waals surface area (Å²) in [6, 6.07) is 10.8. The molecule has 0 heterocycles. The van der Waals surface area contributed by atoms with E-state index in [-0.39, 0.29) is 11.4 Å². The third-order valence-electron chi connectivity index (χ3n) is 3.92. The number of rotatable bonds is 9. The summed E-state index contributed by atoms with van der Waals surface area (Å²) in [6.45, 7) is 3.72. The molecule has 0 fully saturated rings. The number of carbonyl (C=O) groups is 2. The van der Waals surface area contributed by atoms with Crippen molar-refractivity contribution in [1.82, 2.24) is 0 Å². The van der Waals surface area contributed by atoms with Crippen LogP contribution in [-0.2, 0) is 14.3 Å². The molecule has 9 nitrogen and oxygen atoms in total. The molecular weight excluding hydrogens is 392 g/mol. The van der Waals surface area contributed by atoms with Gasteiger partial charge in [0.05, 0.1) is 18.6 Å². The second-order valence-electron chi connectivity index (χ2n) is 6.02. The molecule has 0 spiro atoms. The molecular formula is C21H22N2O7.